The van der Waals surface area contributed by atoms with E-state index >= 15 is 0 Å². The molecule has 0 aromatic carbocycles. The van der Waals surface area contributed by atoms with Crippen LogP contribution in [0.4, 0.5) is 5.13 Å². The van der Waals surface area contributed by atoms with Crippen LogP contribution in [0, 0.1) is 0 Å². The Morgan fingerprint density at radius 2 is 2.08 bits per heavy atom. The fourth-order valence-corrected chi connectivity index (χ4v) is 7.69. The normalized spacial score (nSPS) is 17.5. The zero-order valence-corrected chi connectivity index (χ0v) is 21.2. The van der Waals surface area contributed by atoms with Crippen molar-refractivity contribution < 1.29 is 13.2 Å². The molecule has 1 saturated heterocycles. The van der Waals surface area contributed by atoms with Crippen LogP contribution in [0.3, 0.4) is 0 Å². The van der Waals surface area contributed by atoms with Gasteiger partial charge in [-0.1, -0.05) is 17.4 Å². The summed E-state index contributed by atoms with van der Waals surface area (Å²) in [5.41, 5.74) is 6.26. The molecule has 1 fully saturated rings. The lowest BCUT2D eigenvalue weighted by Gasteiger charge is -2.18. The van der Waals surface area contributed by atoms with Crippen LogP contribution in [0.5, 0.6) is 0 Å². The predicted molar refractivity (Wildman–Crippen MR) is 137 cm³/mol. The number of sulfonamides is 1. The number of fused-ring (bicyclic) bond motifs is 3. The topological polar surface area (TPSA) is 121 Å². The van der Waals surface area contributed by atoms with E-state index in [2.05, 4.69) is 25.3 Å². The number of rotatable bonds is 5. The highest BCUT2D eigenvalue weighted by atomic mass is 32.2. The number of amides is 1. The molecule has 2 N–H and O–H groups in total. The van der Waals surface area contributed by atoms with E-state index in [9.17, 15) is 13.2 Å². The highest BCUT2D eigenvalue weighted by Gasteiger charge is 2.38. The Kier molecular flexibility index (Phi) is 5.70. The Hall–Kier alpha value is -3.41. The van der Waals surface area contributed by atoms with Crippen molar-refractivity contribution >= 4 is 32.4 Å². The highest BCUT2D eigenvalue weighted by Crippen LogP contribution is 2.48. The van der Waals surface area contributed by atoms with Gasteiger partial charge in [0.05, 0.1) is 16.3 Å². The van der Waals surface area contributed by atoms with Crippen molar-refractivity contribution in [3.05, 3.63) is 65.9 Å². The first-order valence-corrected chi connectivity index (χ1v) is 14.0. The summed E-state index contributed by atoms with van der Waals surface area (Å²) in [6, 6.07) is 8.87. The van der Waals surface area contributed by atoms with Gasteiger partial charge in [-0.2, -0.15) is 4.31 Å². The quantitative estimate of drug-likeness (QED) is 0.413. The molecule has 1 amide bonds. The first kappa shape index (κ1) is 23.0. The van der Waals surface area contributed by atoms with E-state index in [-0.39, 0.29) is 16.9 Å². The third kappa shape index (κ3) is 3.93. The molecule has 4 aromatic heterocycles. The minimum absolute atomic E-state index is 0.0140. The van der Waals surface area contributed by atoms with Gasteiger partial charge in [-0.3, -0.25) is 9.78 Å². The van der Waals surface area contributed by atoms with Gasteiger partial charge in [0.1, 0.15) is 0 Å². The lowest BCUT2D eigenvalue weighted by molar-refractivity contribution is -0.114. The summed E-state index contributed by atoms with van der Waals surface area (Å²) in [4.78, 5) is 29.4. The van der Waals surface area contributed by atoms with Gasteiger partial charge >= 0.3 is 0 Å². The van der Waals surface area contributed by atoms with Crippen LogP contribution in [0.15, 0.2) is 53.9 Å². The average molecular weight is 521 g/mol. The van der Waals surface area contributed by atoms with Crippen molar-refractivity contribution in [1.82, 2.24) is 24.2 Å². The summed E-state index contributed by atoms with van der Waals surface area (Å²) in [7, 11) is -3.68. The Balaban J connectivity index is 1.43. The van der Waals surface area contributed by atoms with Crippen LogP contribution in [0.2, 0.25) is 0 Å². The van der Waals surface area contributed by atoms with Crippen LogP contribution in [0.25, 0.3) is 21.7 Å². The molecule has 0 bridgehead atoms. The molecule has 184 valence electrons. The number of aromatic nitrogens is 4. The lowest BCUT2D eigenvalue weighted by atomic mass is 9.89. The second kappa shape index (κ2) is 8.91. The van der Waals surface area contributed by atoms with E-state index in [1.165, 1.54) is 40.4 Å². The highest BCUT2D eigenvalue weighted by molar-refractivity contribution is 7.89. The van der Waals surface area contributed by atoms with Gasteiger partial charge in [0.15, 0.2) is 10.2 Å². The van der Waals surface area contributed by atoms with E-state index in [0.717, 1.165) is 45.9 Å². The van der Waals surface area contributed by atoms with Crippen molar-refractivity contribution in [2.75, 3.05) is 18.4 Å². The molecule has 0 spiro atoms. The van der Waals surface area contributed by atoms with Crippen molar-refractivity contribution in [3.63, 3.8) is 0 Å². The summed E-state index contributed by atoms with van der Waals surface area (Å²) in [6.07, 6.45) is 7.35. The van der Waals surface area contributed by atoms with Crippen molar-refractivity contribution in [1.29, 1.82) is 0 Å². The number of nitrogens with zero attached hydrogens (tertiary/aromatic N) is 4. The van der Waals surface area contributed by atoms with Crippen LogP contribution in [-0.4, -0.2) is 51.7 Å². The molecule has 0 saturated carbocycles. The molecule has 5 heterocycles. The summed E-state index contributed by atoms with van der Waals surface area (Å²) in [5, 5.41) is 3.47. The van der Waals surface area contributed by atoms with Gasteiger partial charge < -0.3 is 10.3 Å². The number of hydrogen-bond acceptors (Lipinski definition) is 7. The Morgan fingerprint density at radius 3 is 2.83 bits per heavy atom. The van der Waals surface area contributed by atoms with Crippen LogP contribution >= 0.6 is 11.3 Å². The number of carbonyl (C=O) groups excluding carboxylic acids is 1. The summed E-state index contributed by atoms with van der Waals surface area (Å²) >= 11 is 1.47. The first-order chi connectivity index (χ1) is 17.4. The fourth-order valence-electron chi connectivity index (χ4n) is 5.11. The molecule has 6 rings (SSSR count). The second-order valence-electron chi connectivity index (χ2n) is 9.00. The maximum absolute atomic E-state index is 13.2. The molecule has 0 radical (unpaired) electrons. The molecule has 1 aliphatic heterocycles. The number of thiazole rings is 1. The van der Waals surface area contributed by atoms with Crippen molar-refractivity contribution in [2.45, 2.75) is 37.1 Å². The molecule has 9 nitrogen and oxygen atoms in total. The Morgan fingerprint density at radius 1 is 1.19 bits per heavy atom. The number of aromatic amines is 1. The number of aryl methyl sites for hydroxylation is 1. The minimum atomic E-state index is -3.68. The van der Waals surface area contributed by atoms with Gasteiger partial charge in [0.25, 0.3) is 10.0 Å². The smallest absolute Gasteiger partial charge is 0.260 e. The average Bonchev–Trinajstić information content (AvgIpc) is 3.61. The molecule has 2 aliphatic rings. The fraction of sp³-hybridized carbons (Fsp3) is 0.280. The van der Waals surface area contributed by atoms with E-state index in [1.807, 2.05) is 18.3 Å². The van der Waals surface area contributed by atoms with E-state index in [1.54, 1.807) is 18.3 Å². The molecule has 4 aromatic rings. The molecule has 1 aliphatic carbocycles. The zero-order chi connectivity index (χ0) is 24.9. The first-order valence-electron chi connectivity index (χ1n) is 11.8. The van der Waals surface area contributed by atoms with Gasteiger partial charge in [0, 0.05) is 61.3 Å². The third-order valence-corrected chi connectivity index (χ3v) is 9.52. The van der Waals surface area contributed by atoms with Gasteiger partial charge in [0.2, 0.25) is 5.91 Å². The summed E-state index contributed by atoms with van der Waals surface area (Å²) in [6.45, 7) is 2.26. The standard InChI is InChI=1S/C25H24N6O3S2/c1-15(32)28-25-29-19-8-7-18-21(24(19)35-25)23(30-22(18)16-5-4-10-26-13-16)17-9-12-31(14-17)36(33,34)20-6-2-3-11-27-20/h2-6,10-11,13,17,30H,7-9,12,14H2,1H3,(H,28,29,32). The molecular weight excluding hydrogens is 496 g/mol. The number of anilines is 1. The maximum Gasteiger partial charge on any atom is 0.260 e. The number of hydrogen-bond donors (Lipinski definition) is 2. The van der Waals surface area contributed by atoms with Crippen molar-refractivity contribution in [3.8, 4) is 21.7 Å². The second-order valence-corrected chi connectivity index (χ2v) is 11.9. The summed E-state index contributed by atoms with van der Waals surface area (Å²) < 4.78 is 28.0. The van der Waals surface area contributed by atoms with E-state index < -0.39 is 10.0 Å². The van der Waals surface area contributed by atoms with Crippen LogP contribution in [0.1, 0.15) is 36.2 Å². The number of H-pyrrole nitrogens is 1. The Bertz CT molecular complexity index is 1550. The van der Waals surface area contributed by atoms with E-state index in [0.29, 0.717) is 24.6 Å². The lowest BCUT2D eigenvalue weighted by Crippen LogP contribution is -2.29. The third-order valence-electron chi connectivity index (χ3n) is 6.70. The van der Waals surface area contributed by atoms with Gasteiger partial charge in [-0.05, 0) is 49.1 Å². The van der Waals surface area contributed by atoms with Gasteiger partial charge in [-0.25, -0.2) is 18.4 Å². The molecule has 36 heavy (non-hydrogen) atoms. The SMILES string of the molecule is CC(=O)Nc1nc2c(s1)-c1c(C3CCN(S(=O)(=O)c4ccccn4)C3)[nH]c(-c3cccnc3)c1CC2. The molecule has 1 atom stereocenters. The maximum atomic E-state index is 13.2. The molecule has 1 unspecified atom stereocenters. The molecule has 11 heteroatoms. The monoisotopic (exact) mass is 520 g/mol. The summed E-state index contributed by atoms with van der Waals surface area (Å²) in [5.74, 6) is -0.169. The van der Waals surface area contributed by atoms with Gasteiger partial charge in [-0.15, -0.1) is 0 Å². The van der Waals surface area contributed by atoms with Crippen LogP contribution < -0.4 is 5.32 Å². The largest absolute Gasteiger partial charge is 0.357 e. The number of carbonyl (C=O) groups is 1. The predicted octanol–water partition coefficient (Wildman–Crippen LogP) is 3.83. The Labute approximate surface area is 212 Å². The van der Waals surface area contributed by atoms with Crippen LogP contribution in [-0.2, 0) is 27.7 Å². The minimum Gasteiger partial charge on any atom is -0.357 e. The van der Waals surface area contributed by atoms with Crippen molar-refractivity contribution in [2.24, 2.45) is 0 Å². The number of nitrogens with one attached hydrogen (secondary N) is 2. The zero-order valence-electron chi connectivity index (χ0n) is 19.6. The molecular formula is C25H24N6O3S2. The van der Waals surface area contributed by atoms with E-state index in [4.69, 9.17) is 0 Å². The number of pyridine rings is 2.